The number of alkyl halides is 3. The maximum Gasteiger partial charge on any atom is 0.471 e. The third-order valence-electron chi connectivity index (χ3n) is 5.50. The first-order valence-electron chi connectivity index (χ1n) is 11.2. The minimum Gasteiger partial charge on any atom is -0.477 e. The van der Waals surface area contributed by atoms with Crippen LogP contribution in [0.5, 0.6) is 0 Å². The highest BCUT2D eigenvalue weighted by Crippen LogP contribution is 2.41. The third kappa shape index (κ3) is 6.08. The van der Waals surface area contributed by atoms with Gasteiger partial charge in [0.2, 0.25) is 0 Å². The molecule has 0 radical (unpaired) electrons. The van der Waals surface area contributed by atoms with Gasteiger partial charge >= 0.3 is 18.1 Å². The lowest BCUT2D eigenvalue weighted by atomic mass is 10.0. The van der Waals surface area contributed by atoms with Gasteiger partial charge in [0.25, 0.3) is 11.8 Å². The molecule has 3 amide bonds. The molecule has 3 aliphatic rings. The second-order valence-electron chi connectivity index (χ2n) is 8.35. The van der Waals surface area contributed by atoms with Crippen LogP contribution < -0.4 is 10.6 Å². The van der Waals surface area contributed by atoms with Crippen LogP contribution in [0.15, 0.2) is 31.7 Å². The SMILES string of the molecule is O=C(O)C1=C(CSc2nncs2)CS[C@@H]2[C@H](NC(=O)/C(=N\OC3CC3)c3csc(NC(=O)C(F)(F)F)n3)C(=O)N12. The van der Waals surface area contributed by atoms with E-state index < -0.39 is 52.1 Å². The van der Waals surface area contributed by atoms with Crippen LogP contribution in [-0.4, -0.2) is 89.8 Å². The molecule has 0 bridgehead atoms. The Kier molecular flexibility index (Phi) is 8.02. The molecule has 0 aromatic carbocycles. The van der Waals surface area contributed by atoms with Crippen LogP contribution in [-0.2, 0) is 24.0 Å². The summed E-state index contributed by atoms with van der Waals surface area (Å²) in [5, 5.41) is 25.5. The summed E-state index contributed by atoms with van der Waals surface area (Å²) in [6.07, 6.45) is -3.98. The fraction of sp³-hybridized carbons (Fsp3) is 0.400. The Hall–Kier alpha value is -3.23. The lowest BCUT2D eigenvalue weighted by molar-refractivity contribution is -0.167. The minimum absolute atomic E-state index is 0.160. The van der Waals surface area contributed by atoms with Gasteiger partial charge in [-0.2, -0.15) is 13.2 Å². The number of β-lactam (4-membered cyclic amide) rings is 1. The number of nitrogens with zero attached hydrogens (tertiary/aromatic N) is 5. The minimum atomic E-state index is -5.14. The molecule has 1 saturated carbocycles. The maximum atomic E-state index is 13.2. The van der Waals surface area contributed by atoms with Crippen molar-refractivity contribution in [3.05, 3.63) is 27.9 Å². The monoisotopic (exact) mass is 635 g/mol. The number of hydrogen-bond acceptors (Lipinski definition) is 13. The molecular weight excluding hydrogens is 620 g/mol. The number of thioether (sulfide) groups is 2. The summed E-state index contributed by atoms with van der Waals surface area (Å²) >= 11 is 4.50. The number of nitrogens with one attached hydrogen (secondary N) is 2. The van der Waals surface area contributed by atoms with Crippen molar-refractivity contribution in [3.8, 4) is 0 Å². The molecule has 0 unspecified atom stereocenters. The van der Waals surface area contributed by atoms with Gasteiger partial charge < -0.3 is 15.3 Å². The lowest BCUT2D eigenvalue weighted by Crippen LogP contribution is -2.71. The molecule has 2 aromatic heterocycles. The maximum absolute atomic E-state index is 13.2. The van der Waals surface area contributed by atoms with Gasteiger partial charge in [-0.1, -0.05) is 28.3 Å². The van der Waals surface area contributed by atoms with E-state index in [1.807, 2.05) is 0 Å². The normalized spacial score (nSPS) is 21.0. The van der Waals surface area contributed by atoms with E-state index in [1.165, 1.54) is 40.2 Å². The van der Waals surface area contributed by atoms with Gasteiger partial charge in [0.1, 0.15) is 34.4 Å². The number of carbonyl (C=O) groups is 4. The number of fused-ring (bicyclic) bond motifs is 1. The van der Waals surface area contributed by atoms with Gasteiger partial charge in [-0.25, -0.2) is 9.78 Å². The standard InChI is InChI=1S/C20H16F3N7O6S4/c21-20(22,23)17(35)27-18-25-9(5-38-18)10(29-36-8-1-2-8)13(31)26-11-14(32)30-12(16(33)34)7(3-37-15(11)30)4-39-19-28-24-6-40-19/h5-6,8,11,15H,1-4H2,(H,26,31)(H,33,34)(H,25,27,35)/b29-10-/t11-,15-/m1/s1. The number of carbonyl (C=O) groups excluding carboxylic acids is 3. The number of hydrogen-bond donors (Lipinski definition) is 3. The van der Waals surface area contributed by atoms with Gasteiger partial charge in [-0.05, 0) is 18.4 Å². The second-order valence-corrected chi connectivity index (χ2v) is 12.4. The molecule has 5 rings (SSSR count). The molecular formula is C20H16F3N7O6S4. The average Bonchev–Trinajstić information content (AvgIpc) is 3.37. The molecule has 2 atom stereocenters. The zero-order chi connectivity index (χ0) is 28.6. The second kappa shape index (κ2) is 11.3. The average molecular weight is 636 g/mol. The number of oxime groups is 1. The van der Waals surface area contributed by atoms with E-state index in [2.05, 4.69) is 25.7 Å². The van der Waals surface area contributed by atoms with Gasteiger partial charge in [-0.3, -0.25) is 24.6 Å². The number of amides is 3. The van der Waals surface area contributed by atoms with Crippen molar-refractivity contribution in [1.29, 1.82) is 0 Å². The van der Waals surface area contributed by atoms with Crippen molar-refractivity contribution < 1.29 is 42.3 Å². The number of halogens is 3. The molecule has 40 heavy (non-hydrogen) atoms. The molecule has 212 valence electrons. The van der Waals surface area contributed by atoms with E-state index in [1.54, 1.807) is 10.8 Å². The van der Waals surface area contributed by atoms with E-state index in [0.717, 1.165) is 4.90 Å². The molecule has 3 N–H and O–H groups in total. The molecule has 0 spiro atoms. The number of aliphatic carboxylic acids is 1. The first-order valence-corrected chi connectivity index (χ1v) is 15.0. The highest BCUT2D eigenvalue weighted by atomic mass is 32.2. The Balaban J connectivity index is 1.30. The van der Waals surface area contributed by atoms with E-state index in [9.17, 15) is 37.5 Å². The van der Waals surface area contributed by atoms with Crippen LogP contribution in [0.25, 0.3) is 0 Å². The quantitative estimate of drug-likeness (QED) is 0.150. The number of thiazole rings is 1. The van der Waals surface area contributed by atoms with Crippen LogP contribution in [0.1, 0.15) is 18.5 Å². The first kappa shape index (κ1) is 28.3. The zero-order valence-electron chi connectivity index (χ0n) is 19.7. The molecule has 2 aliphatic heterocycles. The third-order valence-corrected chi connectivity index (χ3v) is 9.55. The van der Waals surface area contributed by atoms with E-state index >= 15 is 0 Å². The van der Waals surface area contributed by atoms with Gasteiger partial charge in [0, 0.05) is 16.9 Å². The van der Waals surface area contributed by atoms with Crippen LogP contribution >= 0.6 is 46.2 Å². The topological polar surface area (TPSA) is 176 Å². The fourth-order valence-electron chi connectivity index (χ4n) is 3.49. The largest absolute Gasteiger partial charge is 0.477 e. The fourth-order valence-corrected chi connectivity index (χ4v) is 7.16. The Morgan fingerprint density at radius 2 is 2.05 bits per heavy atom. The highest BCUT2D eigenvalue weighted by Gasteiger charge is 2.54. The van der Waals surface area contributed by atoms with Crippen molar-refractivity contribution in [2.75, 3.05) is 16.8 Å². The zero-order valence-corrected chi connectivity index (χ0v) is 23.0. The van der Waals surface area contributed by atoms with Crippen LogP contribution in [0.3, 0.4) is 0 Å². The van der Waals surface area contributed by atoms with Gasteiger partial charge in [0.15, 0.2) is 15.2 Å². The smallest absolute Gasteiger partial charge is 0.471 e. The molecule has 20 heteroatoms. The van der Waals surface area contributed by atoms with Crippen molar-refractivity contribution >= 4 is 80.7 Å². The Morgan fingerprint density at radius 1 is 1.27 bits per heavy atom. The summed E-state index contributed by atoms with van der Waals surface area (Å²) in [6.45, 7) is 0. The van der Waals surface area contributed by atoms with Crippen molar-refractivity contribution in [3.63, 3.8) is 0 Å². The number of rotatable bonds is 10. The molecule has 2 fully saturated rings. The van der Waals surface area contributed by atoms with Crippen molar-refractivity contribution in [2.24, 2.45) is 5.16 Å². The predicted octanol–water partition coefficient (Wildman–Crippen LogP) is 1.91. The Bertz CT molecular complexity index is 1410. The molecule has 1 aliphatic carbocycles. The molecule has 2 aromatic rings. The lowest BCUT2D eigenvalue weighted by Gasteiger charge is -2.49. The first-order chi connectivity index (χ1) is 19.0. The Morgan fingerprint density at radius 3 is 2.70 bits per heavy atom. The van der Waals surface area contributed by atoms with Crippen molar-refractivity contribution in [2.45, 2.75) is 40.9 Å². The summed E-state index contributed by atoms with van der Waals surface area (Å²) in [6, 6.07) is -1.10. The number of anilines is 1. The van der Waals surface area contributed by atoms with Crippen molar-refractivity contribution in [1.82, 2.24) is 25.4 Å². The van der Waals surface area contributed by atoms with Gasteiger partial charge in [0.05, 0.1) is 0 Å². The van der Waals surface area contributed by atoms with Crippen LogP contribution in [0.4, 0.5) is 18.3 Å². The summed E-state index contributed by atoms with van der Waals surface area (Å²) in [5.74, 6) is -4.51. The summed E-state index contributed by atoms with van der Waals surface area (Å²) in [7, 11) is 0. The Labute approximate surface area is 238 Å². The van der Waals surface area contributed by atoms with E-state index in [0.29, 0.717) is 34.1 Å². The molecule has 4 heterocycles. The predicted molar refractivity (Wildman–Crippen MR) is 138 cm³/mol. The number of aromatic nitrogens is 3. The molecule has 13 nitrogen and oxygen atoms in total. The molecule has 1 saturated heterocycles. The van der Waals surface area contributed by atoms with E-state index in [4.69, 9.17) is 4.84 Å². The van der Waals surface area contributed by atoms with Gasteiger partial charge in [-0.15, -0.1) is 33.3 Å². The van der Waals surface area contributed by atoms with Crippen LogP contribution in [0, 0.1) is 0 Å². The highest BCUT2D eigenvalue weighted by molar-refractivity contribution is 8.01. The summed E-state index contributed by atoms with van der Waals surface area (Å²) < 4.78 is 38.4. The number of carboxylic acid groups (broad SMARTS) is 1. The summed E-state index contributed by atoms with van der Waals surface area (Å²) in [5.41, 5.74) is 1.31. The van der Waals surface area contributed by atoms with Crippen LogP contribution in [0.2, 0.25) is 0 Å². The summed E-state index contributed by atoms with van der Waals surface area (Å²) in [4.78, 5) is 59.7. The van der Waals surface area contributed by atoms with E-state index in [-0.39, 0.29) is 29.0 Å². The number of carboxylic acids is 1.